The number of benzene rings is 2. The van der Waals surface area contributed by atoms with E-state index < -0.39 is 10.0 Å². The fraction of sp³-hybridized carbons (Fsp3) is 0.400. The highest BCUT2D eigenvalue weighted by molar-refractivity contribution is 7.89. The summed E-state index contributed by atoms with van der Waals surface area (Å²) in [6.45, 7) is 4.85. The van der Waals surface area contributed by atoms with Crippen molar-refractivity contribution in [2.75, 3.05) is 27.3 Å². The lowest BCUT2D eigenvalue weighted by Gasteiger charge is -2.19. The summed E-state index contributed by atoms with van der Waals surface area (Å²) in [5.74, 6) is 1.39. The van der Waals surface area contributed by atoms with Gasteiger partial charge in [0, 0.05) is 13.1 Å². The van der Waals surface area contributed by atoms with Gasteiger partial charge in [-0.15, -0.1) is 0 Å². The molecule has 6 heteroatoms. The van der Waals surface area contributed by atoms with Gasteiger partial charge in [0.2, 0.25) is 10.0 Å². The summed E-state index contributed by atoms with van der Waals surface area (Å²) in [5.41, 5.74) is 3.09. The largest absolute Gasteiger partial charge is 0.497 e. The monoisotopic (exact) mass is 375 g/mol. The Balaban J connectivity index is 1.86. The molecule has 0 spiro atoms. The zero-order valence-corrected chi connectivity index (χ0v) is 16.5. The predicted molar refractivity (Wildman–Crippen MR) is 102 cm³/mol. The predicted octanol–water partition coefficient (Wildman–Crippen LogP) is 3.50. The Morgan fingerprint density at radius 3 is 2.27 bits per heavy atom. The number of hydrogen-bond donors (Lipinski definition) is 0. The highest BCUT2D eigenvalue weighted by Crippen LogP contribution is 2.35. The minimum Gasteiger partial charge on any atom is -0.497 e. The van der Waals surface area contributed by atoms with Crippen LogP contribution in [0.5, 0.6) is 11.5 Å². The van der Waals surface area contributed by atoms with Gasteiger partial charge < -0.3 is 9.47 Å². The van der Waals surface area contributed by atoms with Crippen molar-refractivity contribution in [1.29, 1.82) is 0 Å². The van der Waals surface area contributed by atoms with Crippen LogP contribution in [0.3, 0.4) is 0 Å². The van der Waals surface area contributed by atoms with Crippen molar-refractivity contribution in [2.45, 2.75) is 31.1 Å². The molecule has 1 atom stereocenters. The van der Waals surface area contributed by atoms with Crippen LogP contribution in [0.4, 0.5) is 0 Å². The van der Waals surface area contributed by atoms with Crippen LogP contribution in [0, 0.1) is 13.8 Å². The van der Waals surface area contributed by atoms with Crippen molar-refractivity contribution in [2.24, 2.45) is 0 Å². The highest BCUT2D eigenvalue weighted by Gasteiger charge is 2.35. The molecule has 3 rings (SSSR count). The molecule has 1 heterocycles. The molecule has 1 saturated heterocycles. The average Bonchev–Trinajstić information content (AvgIpc) is 3.14. The maximum absolute atomic E-state index is 13.2. The van der Waals surface area contributed by atoms with E-state index in [0.29, 0.717) is 18.8 Å². The van der Waals surface area contributed by atoms with E-state index in [1.165, 1.54) is 7.11 Å². The van der Waals surface area contributed by atoms with E-state index in [-0.39, 0.29) is 10.8 Å². The quantitative estimate of drug-likeness (QED) is 0.803. The molecule has 0 radical (unpaired) electrons. The number of methoxy groups -OCH3 is 2. The number of ether oxygens (including phenoxy) is 2. The second-order valence-corrected chi connectivity index (χ2v) is 8.62. The summed E-state index contributed by atoms with van der Waals surface area (Å²) in [6, 6.07) is 11.4. The van der Waals surface area contributed by atoms with Crippen LogP contribution in [0.25, 0.3) is 0 Å². The van der Waals surface area contributed by atoms with Gasteiger partial charge in [0.15, 0.2) is 0 Å². The Morgan fingerprint density at radius 1 is 1.00 bits per heavy atom. The van der Waals surface area contributed by atoms with Crippen LogP contribution in [-0.4, -0.2) is 40.0 Å². The van der Waals surface area contributed by atoms with Crippen LogP contribution in [-0.2, 0) is 10.0 Å². The smallest absolute Gasteiger partial charge is 0.246 e. The number of nitrogens with zero attached hydrogens (tertiary/aromatic N) is 1. The first-order chi connectivity index (χ1) is 12.4. The minimum absolute atomic E-state index is 0.188. The third-order valence-corrected chi connectivity index (χ3v) is 7.02. The molecule has 2 aromatic carbocycles. The first-order valence-corrected chi connectivity index (χ1v) is 10.1. The molecule has 1 aliphatic heterocycles. The summed E-state index contributed by atoms with van der Waals surface area (Å²) in [7, 11) is -0.449. The molecule has 1 aliphatic rings. The molecule has 0 saturated carbocycles. The van der Waals surface area contributed by atoms with Gasteiger partial charge in [-0.2, -0.15) is 4.31 Å². The number of sulfonamides is 1. The zero-order valence-electron chi connectivity index (χ0n) is 15.7. The average molecular weight is 375 g/mol. The maximum Gasteiger partial charge on any atom is 0.246 e. The van der Waals surface area contributed by atoms with Crippen molar-refractivity contribution in [3.8, 4) is 11.5 Å². The van der Waals surface area contributed by atoms with Crippen molar-refractivity contribution in [3.05, 3.63) is 53.1 Å². The summed E-state index contributed by atoms with van der Waals surface area (Å²) >= 11 is 0. The normalized spacial score (nSPS) is 18.1. The SMILES string of the molecule is COc1ccc(C2CCN(S(=O)(=O)c3cc(C)c(C)cc3OC)C2)cc1. The Kier molecular flexibility index (Phi) is 5.25. The van der Waals surface area contributed by atoms with Gasteiger partial charge >= 0.3 is 0 Å². The van der Waals surface area contributed by atoms with E-state index in [2.05, 4.69) is 0 Å². The second-order valence-electron chi connectivity index (χ2n) is 6.71. The van der Waals surface area contributed by atoms with Gasteiger partial charge in [0.25, 0.3) is 0 Å². The number of rotatable bonds is 5. The summed E-state index contributed by atoms with van der Waals surface area (Å²) < 4.78 is 38.5. The summed E-state index contributed by atoms with van der Waals surface area (Å²) in [6.07, 6.45) is 0.804. The van der Waals surface area contributed by atoms with Crippen molar-refractivity contribution in [3.63, 3.8) is 0 Å². The number of hydrogen-bond acceptors (Lipinski definition) is 4. The first kappa shape index (κ1) is 18.7. The van der Waals surface area contributed by atoms with Gasteiger partial charge in [-0.05, 0) is 67.1 Å². The molecule has 5 nitrogen and oxygen atoms in total. The Hall–Kier alpha value is -2.05. The van der Waals surface area contributed by atoms with E-state index in [1.54, 1.807) is 23.5 Å². The lowest BCUT2D eigenvalue weighted by atomic mass is 9.99. The lowest BCUT2D eigenvalue weighted by molar-refractivity contribution is 0.397. The Labute approximate surface area is 155 Å². The third kappa shape index (κ3) is 3.44. The topological polar surface area (TPSA) is 55.8 Å². The molecule has 0 bridgehead atoms. The standard InChI is InChI=1S/C20H25NO4S/c1-14-11-19(25-4)20(12-15(14)2)26(22,23)21-10-9-17(13-21)16-5-7-18(24-3)8-6-16/h5-8,11-12,17H,9-10,13H2,1-4H3. The van der Waals surface area contributed by atoms with Crippen LogP contribution >= 0.6 is 0 Å². The molecule has 1 fully saturated rings. The molecule has 0 N–H and O–H groups in total. The van der Waals surface area contributed by atoms with Crippen molar-refractivity contribution in [1.82, 2.24) is 4.31 Å². The Bertz CT molecular complexity index is 891. The van der Waals surface area contributed by atoms with E-state index in [9.17, 15) is 8.42 Å². The molecule has 26 heavy (non-hydrogen) atoms. The summed E-state index contributed by atoms with van der Waals surface area (Å²) in [5, 5.41) is 0. The fourth-order valence-electron chi connectivity index (χ4n) is 3.36. The molecular formula is C20H25NO4S. The van der Waals surface area contributed by atoms with E-state index in [1.807, 2.05) is 38.1 Å². The van der Waals surface area contributed by atoms with E-state index in [4.69, 9.17) is 9.47 Å². The fourth-order valence-corrected chi connectivity index (χ4v) is 5.08. The molecule has 0 aliphatic carbocycles. The van der Waals surface area contributed by atoms with E-state index >= 15 is 0 Å². The van der Waals surface area contributed by atoms with Gasteiger partial charge in [-0.3, -0.25) is 0 Å². The van der Waals surface area contributed by atoms with Crippen LogP contribution in [0.15, 0.2) is 41.3 Å². The van der Waals surface area contributed by atoms with Crippen LogP contribution in [0.1, 0.15) is 29.0 Å². The zero-order chi connectivity index (χ0) is 18.9. The molecule has 0 amide bonds. The number of aryl methyl sites for hydroxylation is 2. The molecule has 1 unspecified atom stereocenters. The van der Waals surface area contributed by atoms with Crippen LogP contribution in [0.2, 0.25) is 0 Å². The minimum atomic E-state index is -3.59. The van der Waals surface area contributed by atoms with Crippen molar-refractivity contribution < 1.29 is 17.9 Å². The van der Waals surface area contributed by atoms with Crippen LogP contribution < -0.4 is 9.47 Å². The Morgan fingerprint density at radius 2 is 1.65 bits per heavy atom. The molecular weight excluding hydrogens is 350 g/mol. The van der Waals surface area contributed by atoms with Crippen molar-refractivity contribution >= 4 is 10.0 Å². The summed E-state index contributed by atoms with van der Waals surface area (Å²) in [4.78, 5) is 0.249. The highest BCUT2D eigenvalue weighted by atomic mass is 32.2. The van der Waals surface area contributed by atoms with Gasteiger partial charge in [-0.1, -0.05) is 12.1 Å². The first-order valence-electron chi connectivity index (χ1n) is 8.66. The van der Waals surface area contributed by atoms with Gasteiger partial charge in [-0.25, -0.2) is 8.42 Å². The molecule has 2 aromatic rings. The molecule has 0 aromatic heterocycles. The van der Waals surface area contributed by atoms with Gasteiger partial charge in [0.05, 0.1) is 14.2 Å². The van der Waals surface area contributed by atoms with E-state index in [0.717, 1.165) is 28.9 Å². The lowest BCUT2D eigenvalue weighted by Crippen LogP contribution is -2.29. The second kappa shape index (κ2) is 7.29. The maximum atomic E-state index is 13.2. The van der Waals surface area contributed by atoms with Gasteiger partial charge in [0.1, 0.15) is 16.4 Å². The molecule has 140 valence electrons. The third-order valence-electron chi connectivity index (χ3n) is 5.14.